The first-order valence-electron chi connectivity index (χ1n) is 8.13. The van der Waals surface area contributed by atoms with Crippen LogP contribution in [-0.2, 0) is 9.53 Å². The average molecular weight is 281 g/mol. The van der Waals surface area contributed by atoms with Gasteiger partial charge < -0.3 is 15.0 Å². The highest BCUT2D eigenvalue weighted by molar-refractivity contribution is 5.78. The molecule has 0 spiro atoms. The zero-order chi connectivity index (χ0) is 13.9. The van der Waals surface area contributed by atoms with E-state index in [4.69, 9.17) is 4.74 Å². The molecule has 0 radical (unpaired) electrons. The van der Waals surface area contributed by atoms with Crippen LogP contribution >= 0.6 is 0 Å². The van der Waals surface area contributed by atoms with E-state index in [-0.39, 0.29) is 12.0 Å². The van der Waals surface area contributed by atoms with Crippen LogP contribution < -0.4 is 5.32 Å². The van der Waals surface area contributed by atoms with Gasteiger partial charge in [-0.2, -0.15) is 0 Å². The van der Waals surface area contributed by atoms with E-state index in [1.54, 1.807) is 0 Å². The maximum Gasteiger partial charge on any atom is 0.236 e. The van der Waals surface area contributed by atoms with E-state index in [1.165, 1.54) is 32.2 Å². The minimum absolute atomic E-state index is 0.241. The Morgan fingerprint density at radius 3 is 3.00 bits per heavy atom. The minimum Gasteiger partial charge on any atom is -0.374 e. The van der Waals surface area contributed by atoms with E-state index in [0.29, 0.717) is 18.6 Å². The molecule has 1 N–H and O–H groups in total. The first-order valence-corrected chi connectivity index (χ1v) is 8.13. The van der Waals surface area contributed by atoms with Gasteiger partial charge in [-0.1, -0.05) is 0 Å². The van der Waals surface area contributed by atoms with Gasteiger partial charge in [0.25, 0.3) is 0 Å². The van der Waals surface area contributed by atoms with E-state index in [0.717, 1.165) is 26.2 Å². The van der Waals surface area contributed by atoms with E-state index in [9.17, 15) is 4.79 Å². The molecule has 1 saturated carbocycles. The highest BCUT2D eigenvalue weighted by atomic mass is 16.5. The third-order valence-electron chi connectivity index (χ3n) is 4.76. The van der Waals surface area contributed by atoms with Crippen LogP contribution in [-0.4, -0.2) is 73.2 Å². The van der Waals surface area contributed by atoms with Gasteiger partial charge in [-0.05, 0) is 39.2 Å². The van der Waals surface area contributed by atoms with Crippen molar-refractivity contribution >= 4 is 5.91 Å². The summed E-state index contributed by atoms with van der Waals surface area (Å²) in [6, 6.07) is 1.17. The van der Waals surface area contributed by atoms with E-state index in [2.05, 4.69) is 17.1 Å². The number of hydrogen-bond acceptors (Lipinski definition) is 4. The van der Waals surface area contributed by atoms with Crippen LogP contribution in [0.4, 0.5) is 0 Å². The van der Waals surface area contributed by atoms with Crippen LogP contribution in [0, 0.1) is 0 Å². The first-order chi connectivity index (χ1) is 9.78. The highest BCUT2D eigenvalue weighted by Gasteiger charge is 2.33. The number of amides is 1. The number of nitrogens with one attached hydrogen (secondary N) is 1. The average Bonchev–Trinajstić information content (AvgIpc) is 3.17. The third-order valence-corrected chi connectivity index (χ3v) is 4.76. The van der Waals surface area contributed by atoms with Crippen molar-refractivity contribution < 1.29 is 9.53 Å². The summed E-state index contributed by atoms with van der Waals surface area (Å²) in [5.74, 6) is 0.241. The summed E-state index contributed by atoms with van der Waals surface area (Å²) in [6.45, 7) is 7.24. The smallest absolute Gasteiger partial charge is 0.236 e. The highest BCUT2D eigenvalue weighted by Crippen LogP contribution is 2.26. The number of morpholine rings is 1. The van der Waals surface area contributed by atoms with Gasteiger partial charge in [0.1, 0.15) is 0 Å². The molecule has 114 valence electrons. The Hall–Kier alpha value is -0.650. The molecular formula is C15H27N3O2. The second-order valence-electron chi connectivity index (χ2n) is 6.29. The number of carbonyl (C=O) groups excluding carboxylic acids is 1. The van der Waals surface area contributed by atoms with Gasteiger partial charge in [0.2, 0.25) is 5.91 Å². The molecule has 2 heterocycles. The topological polar surface area (TPSA) is 44.8 Å². The number of ether oxygens (including phenoxy) is 1. The Morgan fingerprint density at radius 1 is 1.40 bits per heavy atom. The molecule has 3 fully saturated rings. The lowest BCUT2D eigenvalue weighted by Crippen LogP contribution is -2.50. The Kier molecular flexibility index (Phi) is 4.58. The van der Waals surface area contributed by atoms with Gasteiger partial charge in [-0.15, -0.1) is 0 Å². The third kappa shape index (κ3) is 3.32. The Labute approximate surface area is 121 Å². The molecule has 0 bridgehead atoms. The van der Waals surface area contributed by atoms with Crippen molar-refractivity contribution in [3.63, 3.8) is 0 Å². The molecule has 2 saturated heterocycles. The van der Waals surface area contributed by atoms with E-state index in [1.807, 2.05) is 4.90 Å². The maximum absolute atomic E-state index is 12.1. The van der Waals surface area contributed by atoms with Crippen LogP contribution in [0.1, 0.15) is 32.6 Å². The standard InChI is InChI=1S/C15H27N3O2/c1-2-18(12-5-6-12)15(19)9-16-8-14-10-17-7-3-4-13(17)11-20-14/h12-14,16H,2-11H2,1H3. The van der Waals surface area contributed by atoms with Gasteiger partial charge in [0, 0.05) is 31.7 Å². The fraction of sp³-hybridized carbons (Fsp3) is 0.933. The molecule has 1 aliphatic carbocycles. The number of nitrogens with zero attached hydrogens (tertiary/aromatic N) is 2. The van der Waals surface area contributed by atoms with Crippen molar-refractivity contribution in [1.29, 1.82) is 0 Å². The lowest BCUT2D eigenvalue weighted by atomic mass is 10.2. The summed E-state index contributed by atoms with van der Waals surface area (Å²) in [6.07, 6.45) is 5.20. The summed E-state index contributed by atoms with van der Waals surface area (Å²) in [7, 11) is 0. The van der Waals surface area contributed by atoms with Crippen molar-refractivity contribution in [2.75, 3.05) is 39.3 Å². The summed E-state index contributed by atoms with van der Waals surface area (Å²) in [5.41, 5.74) is 0. The summed E-state index contributed by atoms with van der Waals surface area (Å²) >= 11 is 0. The monoisotopic (exact) mass is 281 g/mol. The van der Waals surface area contributed by atoms with Crippen molar-refractivity contribution in [1.82, 2.24) is 15.1 Å². The summed E-state index contributed by atoms with van der Waals surface area (Å²) in [5, 5.41) is 3.29. The van der Waals surface area contributed by atoms with Gasteiger partial charge in [0.15, 0.2) is 0 Å². The molecule has 2 atom stereocenters. The molecule has 2 aliphatic heterocycles. The number of likely N-dealkylation sites (N-methyl/N-ethyl adjacent to an activating group) is 1. The van der Waals surface area contributed by atoms with Crippen LogP contribution in [0.25, 0.3) is 0 Å². The SMILES string of the molecule is CCN(C(=O)CNCC1CN2CCCC2CO1)C1CC1. The van der Waals surface area contributed by atoms with Crippen LogP contribution in [0.5, 0.6) is 0 Å². The first kappa shape index (κ1) is 14.3. The zero-order valence-corrected chi connectivity index (χ0v) is 12.5. The van der Waals surface area contributed by atoms with Crippen LogP contribution in [0.3, 0.4) is 0 Å². The molecular weight excluding hydrogens is 254 g/mol. The van der Waals surface area contributed by atoms with Gasteiger partial charge >= 0.3 is 0 Å². The van der Waals surface area contributed by atoms with E-state index >= 15 is 0 Å². The predicted molar refractivity (Wildman–Crippen MR) is 77.6 cm³/mol. The molecule has 1 amide bonds. The van der Waals surface area contributed by atoms with Gasteiger partial charge in [-0.25, -0.2) is 0 Å². The largest absolute Gasteiger partial charge is 0.374 e. The number of carbonyl (C=O) groups is 1. The molecule has 0 aromatic rings. The number of hydrogen-bond donors (Lipinski definition) is 1. The number of rotatable bonds is 6. The van der Waals surface area contributed by atoms with Crippen molar-refractivity contribution in [3.8, 4) is 0 Å². The Balaban J connectivity index is 1.36. The van der Waals surface area contributed by atoms with Crippen LogP contribution in [0.2, 0.25) is 0 Å². The van der Waals surface area contributed by atoms with Gasteiger partial charge in [-0.3, -0.25) is 9.69 Å². The minimum atomic E-state index is 0.241. The second-order valence-corrected chi connectivity index (χ2v) is 6.29. The molecule has 3 rings (SSSR count). The second kappa shape index (κ2) is 6.41. The van der Waals surface area contributed by atoms with Crippen LogP contribution in [0.15, 0.2) is 0 Å². The molecule has 0 aromatic carbocycles. The predicted octanol–water partition coefficient (Wildman–Crippen LogP) is 0.450. The molecule has 3 aliphatic rings. The van der Waals surface area contributed by atoms with Gasteiger partial charge in [0.05, 0.1) is 19.3 Å². The van der Waals surface area contributed by atoms with Crippen molar-refractivity contribution in [2.45, 2.75) is 50.8 Å². The fourth-order valence-corrected chi connectivity index (χ4v) is 3.48. The van der Waals surface area contributed by atoms with Crippen molar-refractivity contribution in [2.24, 2.45) is 0 Å². The molecule has 2 unspecified atom stereocenters. The lowest BCUT2D eigenvalue weighted by molar-refractivity contribution is -0.130. The quantitative estimate of drug-likeness (QED) is 0.768. The molecule has 0 aromatic heterocycles. The maximum atomic E-state index is 12.1. The molecule has 20 heavy (non-hydrogen) atoms. The Morgan fingerprint density at radius 2 is 2.25 bits per heavy atom. The number of fused-ring (bicyclic) bond motifs is 1. The Bertz CT molecular complexity index is 346. The summed E-state index contributed by atoms with van der Waals surface area (Å²) < 4.78 is 5.89. The fourth-order valence-electron chi connectivity index (χ4n) is 3.48. The zero-order valence-electron chi connectivity index (χ0n) is 12.5. The lowest BCUT2D eigenvalue weighted by Gasteiger charge is -2.35. The summed E-state index contributed by atoms with van der Waals surface area (Å²) in [4.78, 5) is 16.6. The molecule has 5 heteroatoms. The van der Waals surface area contributed by atoms with Crippen molar-refractivity contribution in [3.05, 3.63) is 0 Å². The molecule has 5 nitrogen and oxygen atoms in total. The normalized spacial score (nSPS) is 30.2. The van der Waals surface area contributed by atoms with E-state index < -0.39 is 0 Å².